The Morgan fingerprint density at radius 3 is 2.34 bits per heavy atom. The summed E-state index contributed by atoms with van der Waals surface area (Å²) in [5.41, 5.74) is 5.53. The Morgan fingerprint density at radius 2 is 1.66 bits per heavy atom. The van der Waals surface area contributed by atoms with E-state index in [1.54, 1.807) is 41.2 Å². The van der Waals surface area contributed by atoms with Gasteiger partial charge in [0.05, 0.1) is 41.0 Å². The van der Waals surface area contributed by atoms with Crippen LogP contribution in [0.2, 0.25) is 0 Å². The molecule has 154 valence electrons. The van der Waals surface area contributed by atoms with Crippen molar-refractivity contribution in [1.29, 1.82) is 5.26 Å². The highest BCUT2D eigenvalue weighted by atomic mass is 16.3. The molecule has 0 aliphatic carbocycles. The van der Waals surface area contributed by atoms with E-state index in [0.29, 0.717) is 22.6 Å². The van der Waals surface area contributed by atoms with Crippen LogP contribution in [0.15, 0.2) is 85.3 Å². The molecule has 5 aromatic rings. The van der Waals surface area contributed by atoms with Crippen molar-refractivity contribution in [3.05, 3.63) is 96.6 Å². The summed E-state index contributed by atoms with van der Waals surface area (Å²) in [4.78, 5) is 4.48. The number of pyridine rings is 1. The minimum Gasteiger partial charge on any atom is -0.493 e. The second-order valence-electron chi connectivity index (χ2n) is 7.30. The Labute approximate surface area is 184 Å². The summed E-state index contributed by atoms with van der Waals surface area (Å²) in [7, 11) is 0. The maximum absolute atomic E-state index is 10.8. The minimum absolute atomic E-state index is 0.00193. The Morgan fingerprint density at radius 1 is 0.875 bits per heavy atom. The lowest BCUT2D eigenvalue weighted by atomic mass is 10.0. The van der Waals surface area contributed by atoms with Crippen LogP contribution < -0.4 is 0 Å². The highest BCUT2D eigenvalue weighted by Crippen LogP contribution is 2.34. The zero-order valence-electron chi connectivity index (χ0n) is 17.2. The number of aryl methyl sites for hydroxylation is 1. The molecule has 0 aliphatic heterocycles. The van der Waals surface area contributed by atoms with Crippen LogP contribution in [0.25, 0.3) is 33.8 Å². The summed E-state index contributed by atoms with van der Waals surface area (Å²) in [5.74, 6) is 0.489. The van der Waals surface area contributed by atoms with Gasteiger partial charge < -0.3 is 5.11 Å². The lowest BCUT2D eigenvalue weighted by molar-refractivity contribution is 0.433. The molecule has 0 atom stereocenters. The highest BCUT2D eigenvalue weighted by Gasteiger charge is 2.18. The first-order valence-electron chi connectivity index (χ1n) is 10.00. The molecule has 0 fully saturated rings. The van der Waals surface area contributed by atoms with Gasteiger partial charge in [0, 0.05) is 11.8 Å². The topological polar surface area (TPSA) is 92.6 Å². The van der Waals surface area contributed by atoms with Gasteiger partial charge in [-0.3, -0.25) is 0 Å². The molecule has 3 heterocycles. The summed E-state index contributed by atoms with van der Waals surface area (Å²) in [6.45, 7) is 1.83. The fraction of sp³-hybridized carbons (Fsp3) is 0.0400. The number of rotatable bonds is 4. The van der Waals surface area contributed by atoms with Crippen molar-refractivity contribution in [2.75, 3.05) is 0 Å². The van der Waals surface area contributed by atoms with E-state index in [2.05, 4.69) is 21.3 Å². The van der Waals surface area contributed by atoms with Gasteiger partial charge in [-0.25, -0.2) is 9.67 Å². The molecular weight excluding hydrogens is 400 g/mol. The molecule has 0 unspecified atom stereocenters. The van der Waals surface area contributed by atoms with Gasteiger partial charge in [0.2, 0.25) is 5.88 Å². The predicted octanol–water partition coefficient (Wildman–Crippen LogP) is 4.67. The first kappa shape index (κ1) is 19.3. The van der Waals surface area contributed by atoms with Crippen LogP contribution in [0.5, 0.6) is 5.88 Å². The van der Waals surface area contributed by atoms with Crippen LogP contribution in [0.1, 0.15) is 11.3 Å². The van der Waals surface area contributed by atoms with Crippen LogP contribution in [0.4, 0.5) is 0 Å². The Hall–Kier alpha value is -4.70. The number of aromatic hydroxyl groups is 1. The Balaban J connectivity index is 1.45. The maximum atomic E-state index is 10.8. The Kier molecular flexibility index (Phi) is 4.73. The van der Waals surface area contributed by atoms with Gasteiger partial charge in [-0.1, -0.05) is 42.5 Å². The van der Waals surface area contributed by atoms with E-state index in [1.807, 2.05) is 55.7 Å². The van der Waals surface area contributed by atoms with Gasteiger partial charge in [0.1, 0.15) is 0 Å². The van der Waals surface area contributed by atoms with Crippen molar-refractivity contribution >= 4 is 0 Å². The number of nitriles is 1. The van der Waals surface area contributed by atoms with E-state index in [-0.39, 0.29) is 5.88 Å². The second-order valence-corrected chi connectivity index (χ2v) is 7.30. The van der Waals surface area contributed by atoms with Gasteiger partial charge in [0.15, 0.2) is 5.82 Å². The van der Waals surface area contributed by atoms with Gasteiger partial charge >= 0.3 is 0 Å². The van der Waals surface area contributed by atoms with Gasteiger partial charge in [-0.05, 0) is 42.3 Å². The molecule has 0 saturated heterocycles. The zero-order chi connectivity index (χ0) is 22.1. The zero-order valence-corrected chi connectivity index (χ0v) is 17.2. The van der Waals surface area contributed by atoms with E-state index in [1.165, 1.54) is 4.68 Å². The van der Waals surface area contributed by atoms with Crippen LogP contribution in [0, 0.1) is 18.3 Å². The molecule has 0 bridgehead atoms. The average Bonchev–Trinajstić information content (AvgIpc) is 3.45. The molecule has 5 rings (SSSR count). The van der Waals surface area contributed by atoms with E-state index in [4.69, 9.17) is 5.26 Å². The molecule has 7 nitrogen and oxygen atoms in total. The van der Waals surface area contributed by atoms with E-state index in [9.17, 15) is 5.11 Å². The van der Waals surface area contributed by atoms with Crippen molar-refractivity contribution in [2.45, 2.75) is 6.92 Å². The summed E-state index contributed by atoms with van der Waals surface area (Å²) < 4.78 is 3.17. The third kappa shape index (κ3) is 3.40. The molecule has 0 radical (unpaired) electrons. The second kappa shape index (κ2) is 7.85. The first-order valence-corrected chi connectivity index (χ1v) is 10.00. The summed E-state index contributed by atoms with van der Waals surface area (Å²) in [6, 6.07) is 22.8. The maximum Gasteiger partial charge on any atom is 0.223 e. The van der Waals surface area contributed by atoms with Crippen molar-refractivity contribution < 1.29 is 5.11 Å². The monoisotopic (exact) mass is 418 g/mol. The van der Waals surface area contributed by atoms with Crippen LogP contribution in [-0.4, -0.2) is 29.7 Å². The fourth-order valence-electron chi connectivity index (χ4n) is 3.61. The van der Waals surface area contributed by atoms with Crippen LogP contribution in [0.3, 0.4) is 0 Å². The van der Waals surface area contributed by atoms with Gasteiger partial charge in [-0.15, -0.1) is 0 Å². The van der Waals surface area contributed by atoms with Crippen LogP contribution in [-0.2, 0) is 0 Å². The van der Waals surface area contributed by atoms with Crippen molar-refractivity contribution in [3.8, 4) is 45.7 Å². The van der Waals surface area contributed by atoms with E-state index < -0.39 is 0 Å². The highest BCUT2D eigenvalue weighted by molar-refractivity contribution is 5.72. The average molecular weight is 418 g/mol. The molecule has 1 N–H and O–H groups in total. The standard InChI is InChI=1S/C25H18N6O/c1-17-24(20-9-7-18(13-26)8-10-20)25(32)31(29-17)23-12-11-22(15-27-23)30-16-21(14-28-30)19-5-3-2-4-6-19/h2-12,14-16,32H,1H3. The molecule has 0 spiro atoms. The van der Waals surface area contributed by atoms with Crippen molar-refractivity contribution in [2.24, 2.45) is 0 Å². The molecule has 0 saturated carbocycles. The fourth-order valence-corrected chi connectivity index (χ4v) is 3.61. The Bertz CT molecular complexity index is 1430. The number of hydrogen-bond acceptors (Lipinski definition) is 5. The summed E-state index contributed by atoms with van der Waals surface area (Å²) >= 11 is 0. The molecular formula is C25H18N6O. The van der Waals surface area contributed by atoms with Crippen molar-refractivity contribution in [1.82, 2.24) is 24.5 Å². The molecule has 0 amide bonds. The number of hydrogen-bond donors (Lipinski definition) is 1. The number of benzene rings is 2. The largest absolute Gasteiger partial charge is 0.493 e. The third-order valence-electron chi connectivity index (χ3n) is 5.24. The smallest absolute Gasteiger partial charge is 0.223 e. The molecule has 0 aliphatic rings. The molecule has 3 aromatic heterocycles. The predicted molar refractivity (Wildman–Crippen MR) is 120 cm³/mol. The summed E-state index contributed by atoms with van der Waals surface area (Å²) in [6.07, 6.45) is 5.45. The normalized spacial score (nSPS) is 10.8. The van der Waals surface area contributed by atoms with Crippen molar-refractivity contribution in [3.63, 3.8) is 0 Å². The molecule has 32 heavy (non-hydrogen) atoms. The molecule has 7 heteroatoms. The van der Waals surface area contributed by atoms with E-state index >= 15 is 0 Å². The lowest BCUT2D eigenvalue weighted by Gasteiger charge is -2.05. The quantitative estimate of drug-likeness (QED) is 0.458. The first-order chi connectivity index (χ1) is 15.6. The SMILES string of the molecule is Cc1nn(-c2ccc(-n3cc(-c4ccccc4)cn3)cn2)c(O)c1-c1ccc(C#N)cc1. The van der Waals surface area contributed by atoms with Crippen LogP contribution >= 0.6 is 0 Å². The van der Waals surface area contributed by atoms with Gasteiger partial charge in [-0.2, -0.15) is 20.1 Å². The minimum atomic E-state index is -0.00193. The number of aromatic nitrogens is 5. The summed E-state index contributed by atoms with van der Waals surface area (Å²) in [5, 5.41) is 28.7. The molecule has 2 aromatic carbocycles. The lowest BCUT2D eigenvalue weighted by Crippen LogP contribution is -2.01. The third-order valence-corrected chi connectivity index (χ3v) is 5.24. The number of nitrogens with zero attached hydrogens (tertiary/aromatic N) is 6. The van der Waals surface area contributed by atoms with Gasteiger partial charge in [0.25, 0.3) is 0 Å². The van der Waals surface area contributed by atoms with E-state index in [0.717, 1.165) is 22.4 Å².